The van der Waals surface area contributed by atoms with E-state index in [9.17, 15) is 0 Å². The molecule has 94 valence electrons. The quantitative estimate of drug-likeness (QED) is 0.877. The summed E-state index contributed by atoms with van der Waals surface area (Å²) in [6, 6.07) is 12.8. The Morgan fingerprint density at radius 2 is 1.56 bits per heavy atom. The van der Waals surface area contributed by atoms with E-state index < -0.39 is 0 Å². The molecule has 0 aromatic heterocycles. The topological polar surface area (TPSA) is 35.2 Å². The van der Waals surface area contributed by atoms with Crippen molar-refractivity contribution >= 4 is 23.2 Å². The summed E-state index contributed by atoms with van der Waals surface area (Å²) in [5.74, 6) is 1.38. The lowest BCUT2D eigenvalue weighted by Gasteiger charge is -2.09. The van der Waals surface area contributed by atoms with Crippen molar-refractivity contribution in [2.24, 2.45) is 5.73 Å². The van der Waals surface area contributed by atoms with Gasteiger partial charge in [-0.05, 0) is 36.8 Å². The highest BCUT2D eigenvalue weighted by Crippen LogP contribution is 2.29. The summed E-state index contributed by atoms with van der Waals surface area (Å²) in [5, 5.41) is 0.984. The lowest BCUT2D eigenvalue weighted by Crippen LogP contribution is -2.04. The second kappa shape index (κ2) is 5.61. The lowest BCUT2D eigenvalue weighted by atomic mass is 10.1. The standard InChI is InChI=1S/C14H13Cl2NO/c1-9(17)10-2-4-11(5-3-10)18-12-6-7-13(15)14(16)8-12/h2-9H,17H2,1H3/t9-/m1/s1. The average Bonchev–Trinajstić information content (AvgIpc) is 2.34. The van der Waals surface area contributed by atoms with Crippen molar-refractivity contribution in [1.82, 2.24) is 0 Å². The summed E-state index contributed by atoms with van der Waals surface area (Å²) < 4.78 is 5.67. The van der Waals surface area contributed by atoms with E-state index in [-0.39, 0.29) is 6.04 Å². The SMILES string of the molecule is C[C@@H](N)c1ccc(Oc2ccc(Cl)c(Cl)c2)cc1. The Hall–Kier alpha value is -1.22. The van der Waals surface area contributed by atoms with Gasteiger partial charge in [-0.1, -0.05) is 35.3 Å². The smallest absolute Gasteiger partial charge is 0.129 e. The average molecular weight is 282 g/mol. The van der Waals surface area contributed by atoms with Crippen molar-refractivity contribution in [3.05, 3.63) is 58.1 Å². The molecule has 2 nitrogen and oxygen atoms in total. The molecule has 0 heterocycles. The van der Waals surface area contributed by atoms with Gasteiger partial charge in [-0.3, -0.25) is 0 Å². The fourth-order valence-electron chi connectivity index (χ4n) is 1.52. The maximum absolute atomic E-state index is 5.92. The molecule has 0 radical (unpaired) electrons. The Morgan fingerprint density at radius 3 is 2.11 bits per heavy atom. The number of benzene rings is 2. The minimum Gasteiger partial charge on any atom is -0.457 e. The van der Waals surface area contributed by atoms with Crippen LogP contribution in [0.5, 0.6) is 11.5 Å². The Kier molecular flexibility index (Phi) is 4.12. The van der Waals surface area contributed by atoms with Gasteiger partial charge >= 0.3 is 0 Å². The fraction of sp³-hybridized carbons (Fsp3) is 0.143. The highest BCUT2D eigenvalue weighted by molar-refractivity contribution is 6.42. The Morgan fingerprint density at radius 1 is 0.944 bits per heavy atom. The third-order valence-corrected chi connectivity index (χ3v) is 3.27. The minimum absolute atomic E-state index is 0.0176. The number of ether oxygens (including phenoxy) is 1. The van der Waals surface area contributed by atoms with Crippen LogP contribution in [0.1, 0.15) is 18.5 Å². The molecule has 0 saturated heterocycles. The van der Waals surface area contributed by atoms with Gasteiger partial charge in [0.25, 0.3) is 0 Å². The molecule has 0 aliphatic carbocycles. The molecule has 0 saturated carbocycles. The van der Waals surface area contributed by atoms with Crippen LogP contribution in [0.25, 0.3) is 0 Å². The van der Waals surface area contributed by atoms with Crippen molar-refractivity contribution in [2.45, 2.75) is 13.0 Å². The van der Waals surface area contributed by atoms with Gasteiger partial charge in [0.05, 0.1) is 10.0 Å². The van der Waals surface area contributed by atoms with Crippen LogP contribution in [-0.4, -0.2) is 0 Å². The third-order valence-electron chi connectivity index (χ3n) is 2.53. The van der Waals surface area contributed by atoms with Gasteiger partial charge in [-0.2, -0.15) is 0 Å². The second-order valence-corrected chi connectivity index (χ2v) is 4.85. The molecule has 2 N–H and O–H groups in total. The van der Waals surface area contributed by atoms with Gasteiger partial charge < -0.3 is 10.5 Å². The zero-order valence-electron chi connectivity index (χ0n) is 9.86. The largest absolute Gasteiger partial charge is 0.457 e. The maximum Gasteiger partial charge on any atom is 0.129 e. The molecule has 0 bridgehead atoms. The molecule has 0 amide bonds. The Balaban J connectivity index is 2.15. The van der Waals surface area contributed by atoms with Crippen molar-refractivity contribution < 1.29 is 4.74 Å². The van der Waals surface area contributed by atoms with Gasteiger partial charge in [-0.25, -0.2) is 0 Å². The van der Waals surface area contributed by atoms with E-state index in [1.165, 1.54) is 0 Å². The van der Waals surface area contributed by atoms with Crippen molar-refractivity contribution in [3.63, 3.8) is 0 Å². The molecule has 2 rings (SSSR count). The van der Waals surface area contributed by atoms with Crippen molar-refractivity contribution in [1.29, 1.82) is 0 Å². The van der Waals surface area contributed by atoms with Gasteiger partial charge in [-0.15, -0.1) is 0 Å². The Labute approximate surface area is 116 Å². The van der Waals surface area contributed by atoms with E-state index in [1.807, 2.05) is 31.2 Å². The fourth-order valence-corrected chi connectivity index (χ4v) is 1.80. The van der Waals surface area contributed by atoms with Crippen LogP contribution in [0.3, 0.4) is 0 Å². The summed E-state index contributed by atoms with van der Waals surface area (Å²) in [4.78, 5) is 0. The van der Waals surface area contributed by atoms with E-state index in [4.69, 9.17) is 33.7 Å². The number of rotatable bonds is 3. The normalized spacial score (nSPS) is 12.2. The molecule has 0 fully saturated rings. The number of hydrogen-bond acceptors (Lipinski definition) is 2. The number of hydrogen-bond donors (Lipinski definition) is 1. The van der Waals surface area contributed by atoms with Crippen molar-refractivity contribution in [2.75, 3.05) is 0 Å². The molecule has 2 aromatic rings. The van der Waals surface area contributed by atoms with E-state index in [1.54, 1.807) is 18.2 Å². The third kappa shape index (κ3) is 3.16. The Bertz CT molecular complexity index is 538. The summed E-state index contributed by atoms with van der Waals surface area (Å²) in [6.07, 6.45) is 0. The van der Waals surface area contributed by atoms with E-state index in [0.29, 0.717) is 15.8 Å². The van der Waals surface area contributed by atoms with Gasteiger partial charge in [0.1, 0.15) is 11.5 Å². The van der Waals surface area contributed by atoms with Crippen LogP contribution in [0.4, 0.5) is 0 Å². The summed E-state index contributed by atoms with van der Waals surface area (Å²) in [6.45, 7) is 1.94. The van der Waals surface area contributed by atoms with Crippen LogP contribution < -0.4 is 10.5 Å². The molecule has 1 atom stereocenters. The zero-order chi connectivity index (χ0) is 13.1. The van der Waals surface area contributed by atoms with Gasteiger partial charge in [0.15, 0.2) is 0 Å². The predicted molar refractivity (Wildman–Crippen MR) is 75.6 cm³/mol. The molecular formula is C14H13Cl2NO. The molecule has 4 heteroatoms. The second-order valence-electron chi connectivity index (χ2n) is 4.04. The summed E-state index contributed by atoms with van der Waals surface area (Å²) in [7, 11) is 0. The van der Waals surface area contributed by atoms with Crippen LogP contribution in [0, 0.1) is 0 Å². The molecule has 0 unspecified atom stereocenters. The molecule has 0 spiro atoms. The molecule has 0 aliphatic heterocycles. The molecule has 18 heavy (non-hydrogen) atoms. The minimum atomic E-state index is 0.0176. The van der Waals surface area contributed by atoms with Crippen LogP contribution >= 0.6 is 23.2 Å². The molecule has 2 aromatic carbocycles. The molecular weight excluding hydrogens is 269 g/mol. The highest BCUT2D eigenvalue weighted by atomic mass is 35.5. The van der Waals surface area contributed by atoms with Crippen LogP contribution in [0.2, 0.25) is 10.0 Å². The number of nitrogens with two attached hydrogens (primary N) is 1. The first kappa shape index (κ1) is 13.2. The van der Waals surface area contributed by atoms with Crippen LogP contribution in [-0.2, 0) is 0 Å². The van der Waals surface area contributed by atoms with E-state index in [2.05, 4.69) is 0 Å². The first-order valence-electron chi connectivity index (χ1n) is 5.54. The first-order valence-corrected chi connectivity index (χ1v) is 6.30. The summed E-state index contributed by atoms with van der Waals surface area (Å²) in [5.41, 5.74) is 6.85. The zero-order valence-corrected chi connectivity index (χ0v) is 11.4. The number of halogens is 2. The first-order chi connectivity index (χ1) is 8.56. The monoisotopic (exact) mass is 281 g/mol. The highest BCUT2D eigenvalue weighted by Gasteiger charge is 2.03. The summed E-state index contributed by atoms with van der Waals surface area (Å²) >= 11 is 11.8. The van der Waals surface area contributed by atoms with E-state index >= 15 is 0 Å². The van der Waals surface area contributed by atoms with E-state index in [0.717, 1.165) is 11.3 Å². The van der Waals surface area contributed by atoms with Gasteiger partial charge in [0, 0.05) is 12.1 Å². The molecule has 0 aliphatic rings. The van der Waals surface area contributed by atoms with Gasteiger partial charge in [0.2, 0.25) is 0 Å². The lowest BCUT2D eigenvalue weighted by molar-refractivity contribution is 0.482. The maximum atomic E-state index is 5.92. The predicted octanol–water partition coefficient (Wildman–Crippen LogP) is 4.81. The van der Waals surface area contributed by atoms with Crippen LogP contribution in [0.15, 0.2) is 42.5 Å². The van der Waals surface area contributed by atoms with Crippen molar-refractivity contribution in [3.8, 4) is 11.5 Å².